The Balaban J connectivity index is 0.00000220. The highest BCUT2D eigenvalue weighted by Gasteiger charge is 2.12. The van der Waals surface area contributed by atoms with Gasteiger partial charge in [0.1, 0.15) is 5.75 Å². The number of guanidine groups is 1. The molecule has 4 nitrogen and oxygen atoms in total. The van der Waals surface area contributed by atoms with Gasteiger partial charge in [-0.1, -0.05) is 12.1 Å². The van der Waals surface area contributed by atoms with Crippen LogP contribution in [-0.2, 0) is 6.42 Å². The zero-order valence-corrected chi connectivity index (χ0v) is 16.8. The van der Waals surface area contributed by atoms with E-state index in [1.807, 2.05) is 23.9 Å². The summed E-state index contributed by atoms with van der Waals surface area (Å²) in [5, 5.41) is 0. The van der Waals surface area contributed by atoms with Crippen molar-refractivity contribution in [1.82, 2.24) is 4.90 Å². The Morgan fingerprint density at radius 3 is 2.81 bits per heavy atom. The van der Waals surface area contributed by atoms with E-state index >= 15 is 0 Å². The standard InChI is InChI=1S/C14H20BrN3OS.HI/c1-19-13-11(3-2-4-12(13)15)5-6-17-14(16)18-7-9-20-10-8-18;/h2-4H,5-10H2,1H3,(H2,16,17);1H. The summed E-state index contributed by atoms with van der Waals surface area (Å²) in [5.41, 5.74) is 7.19. The SMILES string of the molecule is COc1c(Br)cccc1CCN=C(N)N1CCSCC1.I. The fourth-order valence-electron chi connectivity index (χ4n) is 2.16. The monoisotopic (exact) mass is 485 g/mol. The van der Waals surface area contributed by atoms with Crippen LogP contribution < -0.4 is 10.5 Å². The number of aliphatic imine (C=N–C) groups is 1. The molecule has 0 unspecified atom stereocenters. The molecular weight excluding hydrogens is 465 g/mol. The number of para-hydroxylation sites is 1. The van der Waals surface area contributed by atoms with E-state index in [-0.39, 0.29) is 24.0 Å². The molecule has 7 heteroatoms. The van der Waals surface area contributed by atoms with E-state index in [0.717, 1.165) is 46.8 Å². The van der Waals surface area contributed by atoms with E-state index in [2.05, 4.69) is 31.9 Å². The van der Waals surface area contributed by atoms with Gasteiger partial charge >= 0.3 is 0 Å². The summed E-state index contributed by atoms with van der Waals surface area (Å²) in [4.78, 5) is 6.65. The van der Waals surface area contributed by atoms with Gasteiger partial charge in [-0.2, -0.15) is 11.8 Å². The van der Waals surface area contributed by atoms with Crippen LogP contribution in [0.4, 0.5) is 0 Å². The summed E-state index contributed by atoms with van der Waals surface area (Å²) >= 11 is 5.46. The van der Waals surface area contributed by atoms with Crippen molar-refractivity contribution in [3.05, 3.63) is 28.2 Å². The number of nitrogens with zero attached hydrogens (tertiary/aromatic N) is 2. The highest BCUT2D eigenvalue weighted by Crippen LogP contribution is 2.28. The summed E-state index contributed by atoms with van der Waals surface area (Å²) in [7, 11) is 1.69. The molecule has 0 bridgehead atoms. The van der Waals surface area contributed by atoms with Crippen LogP contribution in [-0.4, -0.2) is 49.1 Å². The highest BCUT2D eigenvalue weighted by molar-refractivity contribution is 14.0. The molecule has 21 heavy (non-hydrogen) atoms. The molecule has 1 heterocycles. The fourth-order valence-corrected chi connectivity index (χ4v) is 3.63. The Hall–Kier alpha value is -0.150. The molecule has 118 valence electrons. The van der Waals surface area contributed by atoms with Gasteiger partial charge in [0.2, 0.25) is 0 Å². The van der Waals surface area contributed by atoms with Crippen molar-refractivity contribution in [1.29, 1.82) is 0 Å². The van der Waals surface area contributed by atoms with Crippen LogP contribution in [0.3, 0.4) is 0 Å². The van der Waals surface area contributed by atoms with Gasteiger partial charge in [-0.05, 0) is 34.0 Å². The Bertz CT molecular complexity index is 481. The number of methoxy groups -OCH3 is 1. The third-order valence-electron chi connectivity index (χ3n) is 3.24. The van der Waals surface area contributed by atoms with E-state index in [4.69, 9.17) is 10.5 Å². The average Bonchev–Trinajstić information content (AvgIpc) is 2.48. The molecule has 0 aromatic heterocycles. The maximum atomic E-state index is 6.04. The van der Waals surface area contributed by atoms with Crippen molar-refractivity contribution < 1.29 is 4.74 Å². The molecule has 1 saturated heterocycles. The lowest BCUT2D eigenvalue weighted by Gasteiger charge is -2.27. The van der Waals surface area contributed by atoms with Gasteiger partial charge < -0.3 is 15.4 Å². The van der Waals surface area contributed by atoms with Crippen LogP contribution >= 0.6 is 51.7 Å². The first kappa shape index (κ1) is 18.9. The van der Waals surface area contributed by atoms with Gasteiger partial charge in [0.25, 0.3) is 0 Å². The van der Waals surface area contributed by atoms with Crippen molar-refractivity contribution in [2.24, 2.45) is 10.7 Å². The molecule has 0 radical (unpaired) electrons. The van der Waals surface area contributed by atoms with Crippen molar-refractivity contribution in [3.63, 3.8) is 0 Å². The highest BCUT2D eigenvalue weighted by atomic mass is 127. The Morgan fingerprint density at radius 1 is 1.43 bits per heavy atom. The molecule has 1 aliphatic rings. The largest absolute Gasteiger partial charge is 0.495 e. The number of hydrogen-bond acceptors (Lipinski definition) is 3. The molecule has 1 aliphatic heterocycles. The van der Waals surface area contributed by atoms with Crippen molar-refractivity contribution in [2.45, 2.75) is 6.42 Å². The molecular formula is C14H21BrIN3OS. The second-order valence-corrected chi connectivity index (χ2v) is 6.60. The first-order chi connectivity index (χ1) is 9.72. The molecule has 2 rings (SSSR count). The zero-order chi connectivity index (χ0) is 14.4. The molecule has 0 atom stereocenters. The molecule has 0 spiro atoms. The van der Waals surface area contributed by atoms with E-state index in [1.54, 1.807) is 7.11 Å². The lowest BCUT2D eigenvalue weighted by molar-refractivity contribution is 0.407. The van der Waals surface area contributed by atoms with E-state index in [9.17, 15) is 0 Å². The molecule has 1 fully saturated rings. The van der Waals surface area contributed by atoms with E-state index in [1.165, 1.54) is 0 Å². The van der Waals surface area contributed by atoms with Gasteiger partial charge in [-0.15, -0.1) is 24.0 Å². The van der Waals surface area contributed by atoms with Gasteiger partial charge in [0, 0.05) is 31.1 Å². The quantitative estimate of drug-likeness (QED) is 0.404. The third kappa shape index (κ3) is 5.52. The van der Waals surface area contributed by atoms with E-state index in [0.29, 0.717) is 12.5 Å². The molecule has 2 N–H and O–H groups in total. The first-order valence-corrected chi connectivity index (χ1v) is 8.61. The smallest absolute Gasteiger partial charge is 0.191 e. The van der Waals surface area contributed by atoms with Crippen LogP contribution in [0.5, 0.6) is 5.75 Å². The normalized spacial score (nSPS) is 15.5. The number of benzene rings is 1. The zero-order valence-electron chi connectivity index (χ0n) is 12.0. The van der Waals surface area contributed by atoms with Gasteiger partial charge in [-0.3, -0.25) is 4.99 Å². The third-order valence-corrected chi connectivity index (χ3v) is 4.81. The van der Waals surface area contributed by atoms with Gasteiger partial charge in [0.05, 0.1) is 11.6 Å². The van der Waals surface area contributed by atoms with Crippen molar-refractivity contribution in [2.75, 3.05) is 38.2 Å². The topological polar surface area (TPSA) is 50.9 Å². The summed E-state index contributed by atoms with van der Waals surface area (Å²) in [5.74, 6) is 3.82. The van der Waals surface area contributed by atoms with Gasteiger partial charge in [-0.25, -0.2) is 0 Å². The van der Waals surface area contributed by atoms with Crippen molar-refractivity contribution in [3.8, 4) is 5.75 Å². The van der Waals surface area contributed by atoms with Crippen molar-refractivity contribution >= 4 is 57.6 Å². The second kappa shape index (κ2) is 9.78. The Labute approximate surface area is 156 Å². The van der Waals surface area contributed by atoms with Crippen LogP contribution in [0, 0.1) is 0 Å². The predicted octanol–water partition coefficient (Wildman–Crippen LogP) is 2.98. The van der Waals surface area contributed by atoms with Crippen LogP contribution in [0.25, 0.3) is 0 Å². The lowest BCUT2D eigenvalue weighted by Crippen LogP contribution is -2.42. The predicted molar refractivity (Wildman–Crippen MR) is 105 cm³/mol. The summed E-state index contributed by atoms with van der Waals surface area (Å²) < 4.78 is 6.38. The fraction of sp³-hybridized carbons (Fsp3) is 0.500. The number of thioether (sulfide) groups is 1. The minimum Gasteiger partial charge on any atom is -0.495 e. The lowest BCUT2D eigenvalue weighted by atomic mass is 10.1. The number of rotatable bonds is 4. The Kier molecular flexibility index (Phi) is 8.80. The number of ether oxygens (including phenoxy) is 1. The summed E-state index contributed by atoms with van der Waals surface area (Å²) in [6.07, 6.45) is 0.825. The molecule has 0 saturated carbocycles. The molecule has 0 amide bonds. The number of nitrogens with two attached hydrogens (primary N) is 1. The Morgan fingerprint density at radius 2 is 2.14 bits per heavy atom. The summed E-state index contributed by atoms with van der Waals surface area (Å²) in [6, 6.07) is 6.05. The number of halogens is 2. The second-order valence-electron chi connectivity index (χ2n) is 4.52. The van der Waals surface area contributed by atoms with Crippen LogP contribution in [0.2, 0.25) is 0 Å². The van der Waals surface area contributed by atoms with Crippen LogP contribution in [0.1, 0.15) is 5.56 Å². The molecule has 0 aliphatic carbocycles. The molecule has 1 aromatic carbocycles. The average molecular weight is 486 g/mol. The summed E-state index contributed by atoms with van der Waals surface area (Å²) in [6.45, 7) is 2.68. The molecule has 1 aromatic rings. The van der Waals surface area contributed by atoms with E-state index < -0.39 is 0 Å². The van der Waals surface area contributed by atoms with Gasteiger partial charge in [0.15, 0.2) is 5.96 Å². The number of hydrogen-bond donors (Lipinski definition) is 1. The minimum atomic E-state index is 0. The van der Waals surface area contributed by atoms with Crippen LogP contribution in [0.15, 0.2) is 27.7 Å². The minimum absolute atomic E-state index is 0. The first-order valence-electron chi connectivity index (χ1n) is 6.66. The maximum Gasteiger partial charge on any atom is 0.191 e. The maximum absolute atomic E-state index is 6.04.